The number of benzene rings is 1. The molecule has 0 atom stereocenters. The van der Waals surface area contributed by atoms with Gasteiger partial charge < -0.3 is 0 Å². The summed E-state index contributed by atoms with van der Waals surface area (Å²) in [6, 6.07) is 10.3. The Balaban J connectivity index is 1.55. The summed E-state index contributed by atoms with van der Waals surface area (Å²) >= 11 is 1.63. The molecule has 3 aromatic heterocycles. The molecule has 0 unspecified atom stereocenters. The third kappa shape index (κ3) is 3.51. The summed E-state index contributed by atoms with van der Waals surface area (Å²) in [6.45, 7) is 8.59. The molecule has 1 aromatic carbocycles. The quantitative estimate of drug-likeness (QED) is 0.508. The second kappa shape index (κ2) is 7.23. The Morgan fingerprint density at radius 3 is 2.52 bits per heavy atom. The summed E-state index contributed by atoms with van der Waals surface area (Å²) < 4.78 is 3.94. The summed E-state index contributed by atoms with van der Waals surface area (Å²) in [5, 5.41) is 19.1. The number of aryl methyl sites for hydroxylation is 2. The van der Waals surface area contributed by atoms with Gasteiger partial charge in [-0.05, 0) is 43.9 Å². The molecule has 0 radical (unpaired) electrons. The number of hydrogen-bond acceptors (Lipinski definition) is 5. The second-order valence-electron chi connectivity index (χ2n) is 7.30. The smallest absolute Gasteiger partial charge is 0.234 e. The minimum absolute atomic E-state index is 0.539. The van der Waals surface area contributed by atoms with Crippen LogP contribution < -0.4 is 0 Å². The minimum Gasteiger partial charge on any atom is -0.238 e. The Labute approximate surface area is 162 Å². The van der Waals surface area contributed by atoms with E-state index in [-0.39, 0.29) is 0 Å². The lowest BCUT2D eigenvalue weighted by molar-refractivity contribution is 0.605. The molecular formula is C20H24N6S. The molecule has 4 aromatic rings. The zero-order valence-corrected chi connectivity index (χ0v) is 17.0. The Kier molecular flexibility index (Phi) is 4.78. The monoisotopic (exact) mass is 380 g/mol. The topological polar surface area (TPSA) is 60.9 Å². The number of aromatic nitrogens is 6. The van der Waals surface area contributed by atoms with Gasteiger partial charge in [0.2, 0.25) is 4.96 Å². The molecule has 7 heteroatoms. The van der Waals surface area contributed by atoms with Crippen LogP contribution in [0.5, 0.6) is 0 Å². The molecule has 0 aliphatic carbocycles. The third-order valence-electron chi connectivity index (χ3n) is 4.72. The van der Waals surface area contributed by atoms with Crippen LogP contribution in [0.1, 0.15) is 41.6 Å². The maximum atomic E-state index is 4.75. The summed E-state index contributed by atoms with van der Waals surface area (Å²) in [5.74, 6) is 1.49. The Morgan fingerprint density at radius 2 is 1.78 bits per heavy atom. The van der Waals surface area contributed by atoms with Gasteiger partial charge in [-0.15, -0.1) is 10.2 Å². The van der Waals surface area contributed by atoms with Gasteiger partial charge in [0, 0.05) is 18.5 Å². The molecule has 4 rings (SSSR count). The fourth-order valence-corrected chi connectivity index (χ4v) is 4.23. The van der Waals surface area contributed by atoms with Gasteiger partial charge in [-0.3, -0.25) is 0 Å². The highest BCUT2D eigenvalue weighted by molar-refractivity contribution is 7.16. The van der Waals surface area contributed by atoms with E-state index in [2.05, 4.69) is 50.0 Å². The summed E-state index contributed by atoms with van der Waals surface area (Å²) in [5.41, 5.74) is 4.68. The number of hydrogen-bond donors (Lipinski definition) is 0. The molecule has 27 heavy (non-hydrogen) atoms. The van der Waals surface area contributed by atoms with E-state index in [0.717, 1.165) is 46.4 Å². The molecule has 140 valence electrons. The van der Waals surface area contributed by atoms with Gasteiger partial charge in [0.15, 0.2) is 5.82 Å². The van der Waals surface area contributed by atoms with Crippen molar-refractivity contribution in [3.63, 3.8) is 0 Å². The minimum atomic E-state index is 0.539. The molecule has 0 aliphatic heterocycles. The van der Waals surface area contributed by atoms with E-state index >= 15 is 0 Å². The van der Waals surface area contributed by atoms with Gasteiger partial charge in [-0.2, -0.15) is 14.7 Å². The van der Waals surface area contributed by atoms with Crippen molar-refractivity contribution in [1.82, 2.24) is 29.6 Å². The van der Waals surface area contributed by atoms with E-state index in [0.29, 0.717) is 5.92 Å². The molecule has 0 aliphatic rings. The number of nitrogens with zero attached hydrogens (tertiary/aromatic N) is 6. The zero-order valence-electron chi connectivity index (χ0n) is 16.2. The lowest BCUT2D eigenvalue weighted by Gasteiger charge is -2.05. The van der Waals surface area contributed by atoms with Crippen molar-refractivity contribution in [3.8, 4) is 5.69 Å². The lowest BCUT2D eigenvalue weighted by atomic mass is 10.1. The molecule has 0 fully saturated rings. The average Bonchev–Trinajstić information content (AvgIpc) is 3.29. The van der Waals surface area contributed by atoms with Crippen molar-refractivity contribution in [2.75, 3.05) is 0 Å². The maximum absolute atomic E-state index is 4.75. The van der Waals surface area contributed by atoms with E-state index < -0.39 is 0 Å². The fraction of sp³-hybridized carbons (Fsp3) is 0.400. The van der Waals surface area contributed by atoms with Gasteiger partial charge in [0.25, 0.3) is 0 Å². The molecular weight excluding hydrogens is 356 g/mol. The van der Waals surface area contributed by atoms with Crippen LogP contribution in [0.2, 0.25) is 0 Å². The number of para-hydroxylation sites is 1. The first kappa shape index (κ1) is 17.9. The fourth-order valence-electron chi connectivity index (χ4n) is 3.38. The van der Waals surface area contributed by atoms with Gasteiger partial charge >= 0.3 is 0 Å². The van der Waals surface area contributed by atoms with Crippen LogP contribution in [-0.2, 0) is 19.3 Å². The first-order valence-corrected chi connectivity index (χ1v) is 10.1. The highest BCUT2D eigenvalue weighted by Crippen LogP contribution is 2.22. The summed E-state index contributed by atoms with van der Waals surface area (Å²) in [6.07, 6.45) is 2.71. The first-order valence-electron chi connectivity index (χ1n) is 9.33. The van der Waals surface area contributed by atoms with Gasteiger partial charge in [-0.25, -0.2) is 4.68 Å². The number of rotatable bonds is 6. The third-order valence-corrected chi connectivity index (χ3v) is 5.68. The molecule has 0 N–H and O–H groups in total. The lowest BCUT2D eigenvalue weighted by Crippen LogP contribution is -2.02. The van der Waals surface area contributed by atoms with Gasteiger partial charge in [-0.1, -0.05) is 43.4 Å². The van der Waals surface area contributed by atoms with Crippen molar-refractivity contribution in [2.45, 2.75) is 47.0 Å². The van der Waals surface area contributed by atoms with Crippen LogP contribution in [0.4, 0.5) is 0 Å². The van der Waals surface area contributed by atoms with Crippen LogP contribution in [0.25, 0.3) is 10.6 Å². The van der Waals surface area contributed by atoms with Gasteiger partial charge in [0.1, 0.15) is 5.01 Å². The maximum Gasteiger partial charge on any atom is 0.234 e. The standard InChI is InChI=1S/C20H24N6S/c1-13(2)12-18-21-22-20-26(18)24-19(27-20)11-10-17-14(3)23-25(15(17)4)16-8-6-5-7-9-16/h5-9,13H,10-12H2,1-4H3. The van der Waals surface area contributed by atoms with E-state index in [1.54, 1.807) is 11.3 Å². The normalized spacial score (nSPS) is 11.7. The predicted molar refractivity (Wildman–Crippen MR) is 108 cm³/mol. The molecule has 0 bridgehead atoms. The first-order chi connectivity index (χ1) is 13.0. The molecule has 6 nitrogen and oxygen atoms in total. The second-order valence-corrected chi connectivity index (χ2v) is 8.34. The van der Waals surface area contributed by atoms with E-state index in [1.165, 1.54) is 11.3 Å². The largest absolute Gasteiger partial charge is 0.238 e. The molecule has 0 saturated carbocycles. The summed E-state index contributed by atoms with van der Waals surface area (Å²) in [4.78, 5) is 0.883. The molecule has 0 saturated heterocycles. The summed E-state index contributed by atoms with van der Waals surface area (Å²) in [7, 11) is 0. The van der Waals surface area contributed by atoms with E-state index in [9.17, 15) is 0 Å². The average molecular weight is 381 g/mol. The van der Waals surface area contributed by atoms with Crippen LogP contribution in [0.15, 0.2) is 30.3 Å². The Morgan fingerprint density at radius 1 is 1.00 bits per heavy atom. The van der Waals surface area contributed by atoms with Crippen LogP contribution in [-0.4, -0.2) is 29.6 Å². The Hall–Kier alpha value is -2.54. The van der Waals surface area contributed by atoms with Crippen molar-refractivity contribution < 1.29 is 0 Å². The van der Waals surface area contributed by atoms with Crippen molar-refractivity contribution in [1.29, 1.82) is 0 Å². The van der Waals surface area contributed by atoms with Crippen molar-refractivity contribution in [3.05, 3.63) is 58.1 Å². The number of fused-ring (bicyclic) bond motifs is 1. The zero-order chi connectivity index (χ0) is 19.0. The van der Waals surface area contributed by atoms with Crippen molar-refractivity contribution in [2.24, 2.45) is 5.92 Å². The van der Waals surface area contributed by atoms with Gasteiger partial charge in [0.05, 0.1) is 11.4 Å². The SMILES string of the molecule is Cc1nn(-c2ccccc2)c(C)c1CCc1nn2c(CC(C)C)nnc2s1. The highest BCUT2D eigenvalue weighted by Gasteiger charge is 2.16. The van der Waals surface area contributed by atoms with E-state index in [4.69, 9.17) is 10.2 Å². The highest BCUT2D eigenvalue weighted by atomic mass is 32.1. The molecule has 3 heterocycles. The van der Waals surface area contributed by atoms with E-state index in [1.807, 2.05) is 27.4 Å². The van der Waals surface area contributed by atoms with Crippen molar-refractivity contribution >= 4 is 16.3 Å². The molecule has 0 amide bonds. The Bertz CT molecular complexity index is 1060. The van der Waals surface area contributed by atoms with Crippen LogP contribution in [0, 0.1) is 19.8 Å². The van der Waals surface area contributed by atoms with Crippen LogP contribution >= 0.6 is 11.3 Å². The van der Waals surface area contributed by atoms with Crippen LogP contribution in [0.3, 0.4) is 0 Å². The molecule has 0 spiro atoms. The predicted octanol–water partition coefficient (Wildman–Crippen LogP) is 3.97.